The van der Waals surface area contributed by atoms with Crippen LogP contribution in [0.25, 0.3) is 0 Å². The van der Waals surface area contributed by atoms with Gasteiger partial charge in [-0.25, -0.2) is 0 Å². The molecular weight excluding hydrogens is 374 g/mol. The molecule has 2 aromatic rings. The van der Waals surface area contributed by atoms with E-state index in [0.29, 0.717) is 23.7 Å². The number of carbonyl (C=O) groups excluding carboxylic acids is 2. The molecule has 8 heteroatoms. The minimum atomic E-state index is -0.244. The molecule has 2 aliphatic rings. The smallest absolute Gasteiger partial charge is 0.286 e. The molecule has 4 rings (SSSR count). The standard InChI is InChI=1S/C21H25N3O5/c25-20-15-28-18-5-2-1-4-17(18)24(20)14-16-6-7-19(29-16)21(26)22-8-3-9-23-10-12-27-13-11-23/h1-2,4-7H,3,8-15H2,(H,22,26). The number of ether oxygens (including phenoxy) is 2. The van der Waals surface area contributed by atoms with Crippen molar-refractivity contribution in [2.24, 2.45) is 0 Å². The van der Waals surface area contributed by atoms with E-state index in [-0.39, 0.29) is 30.7 Å². The van der Waals surface area contributed by atoms with E-state index in [2.05, 4.69) is 10.2 Å². The lowest BCUT2D eigenvalue weighted by atomic mass is 10.2. The largest absolute Gasteiger partial charge is 0.482 e. The third-order valence-corrected chi connectivity index (χ3v) is 5.05. The minimum absolute atomic E-state index is 0.00575. The van der Waals surface area contributed by atoms with Crippen molar-refractivity contribution in [2.45, 2.75) is 13.0 Å². The SMILES string of the molecule is O=C(NCCCN1CCOCC1)c1ccc(CN2C(=O)COc3ccccc32)o1. The average Bonchev–Trinajstić information content (AvgIpc) is 3.23. The summed E-state index contributed by atoms with van der Waals surface area (Å²) in [6.07, 6.45) is 0.873. The highest BCUT2D eigenvalue weighted by Gasteiger charge is 2.26. The van der Waals surface area contributed by atoms with E-state index < -0.39 is 0 Å². The highest BCUT2D eigenvalue weighted by atomic mass is 16.5. The summed E-state index contributed by atoms with van der Waals surface area (Å²) in [5.41, 5.74) is 0.703. The van der Waals surface area contributed by atoms with Crippen LogP contribution in [0.15, 0.2) is 40.8 Å². The topological polar surface area (TPSA) is 84.3 Å². The Hall–Kier alpha value is -2.84. The van der Waals surface area contributed by atoms with Crippen LogP contribution in [0.4, 0.5) is 5.69 Å². The molecule has 1 N–H and O–H groups in total. The maximum absolute atomic E-state index is 12.3. The monoisotopic (exact) mass is 399 g/mol. The highest BCUT2D eigenvalue weighted by molar-refractivity contribution is 5.97. The quantitative estimate of drug-likeness (QED) is 0.713. The van der Waals surface area contributed by atoms with Gasteiger partial charge in [0.05, 0.1) is 25.4 Å². The number of nitrogens with one attached hydrogen (secondary N) is 1. The van der Waals surface area contributed by atoms with Crippen LogP contribution < -0.4 is 15.0 Å². The highest BCUT2D eigenvalue weighted by Crippen LogP contribution is 2.32. The molecule has 1 saturated heterocycles. The third-order valence-electron chi connectivity index (χ3n) is 5.05. The molecule has 0 saturated carbocycles. The number of anilines is 1. The van der Waals surface area contributed by atoms with Crippen LogP contribution in [0, 0.1) is 0 Å². The average molecular weight is 399 g/mol. The van der Waals surface area contributed by atoms with Crippen molar-refractivity contribution < 1.29 is 23.5 Å². The van der Waals surface area contributed by atoms with E-state index in [1.54, 1.807) is 17.0 Å². The van der Waals surface area contributed by atoms with Crippen molar-refractivity contribution in [2.75, 3.05) is 50.9 Å². The third kappa shape index (κ3) is 4.78. The maximum atomic E-state index is 12.3. The molecule has 0 aliphatic carbocycles. The fourth-order valence-electron chi connectivity index (χ4n) is 3.48. The van der Waals surface area contributed by atoms with Gasteiger partial charge in [0.15, 0.2) is 12.4 Å². The zero-order chi connectivity index (χ0) is 20.1. The van der Waals surface area contributed by atoms with E-state index in [0.717, 1.165) is 39.3 Å². The lowest BCUT2D eigenvalue weighted by Gasteiger charge is -2.28. The number of benzene rings is 1. The molecule has 1 fully saturated rings. The zero-order valence-electron chi connectivity index (χ0n) is 16.3. The summed E-state index contributed by atoms with van der Waals surface area (Å²) in [6.45, 7) is 5.21. The number of carbonyl (C=O) groups is 2. The van der Waals surface area contributed by atoms with Crippen molar-refractivity contribution in [1.29, 1.82) is 0 Å². The second kappa shape index (κ2) is 9.11. The van der Waals surface area contributed by atoms with Gasteiger partial charge in [0.2, 0.25) is 0 Å². The molecule has 0 radical (unpaired) electrons. The Bertz CT molecular complexity index is 860. The van der Waals surface area contributed by atoms with Gasteiger partial charge < -0.3 is 19.2 Å². The molecule has 8 nitrogen and oxygen atoms in total. The van der Waals surface area contributed by atoms with Crippen molar-refractivity contribution >= 4 is 17.5 Å². The van der Waals surface area contributed by atoms with Crippen LogP contribution in [-0.2, 0) is 16.1 Å². The molecular formula is C21H25N3O5. The molecule has 0 bridgehead atoms. The first-order valence-electron chi connectivity index (χ1n) is 9.90. The van der Waals surface area contributed by atoms with Gasteiger partial charge in [-0.1, -0.05) is 12.1 Å². The number of fused-ring (bicyclic) bond motifs is 1. The number of para-hydroxylation sites is 2. The summed E-state index contributed by atoms with van der Waals surface area (Å²) in [4.78, 5) is 28.5. The number of hydrogen-bond acceptors (Lipinski definition) is 6. The molecule has 154 valence electrons. The molecule has 29 heavy (non-hydrogen) atoms. The first-order chi connectivity index (χ1) is 14.2. The lowest BCUT2D eigenvalue weighted by molar-refractivity contribution is -0.121. The normalized spacial score (nSPS) is 17.0. The first-order valence-corrected chi connectivity index (χ1v) is 9.90. The van der Waals surface area contributed by atoms with Crippen LogP contribution in [-0.4, -0.2) is 62.7 Å². The Kier molecular flexibility index (Phi) is 6.12. The predicted octanol–water partition coefficient (Wildman–Crippen LogP) is 1.66. The van der Waals surface area contributed by atoms with Gasteiger partial charge >= 0.3 is 0 Å². The Balaban J connectivity index is 1.29. The van der Waals surface area contributed by atoms with Crippen molar-refractivity contribution in [3.05, 3.63) is 47.9 Å². The minimum Gasteiger partial charge on any atom is -0.482 e. The maximum Gasteiger partial charge on any atom is 0.286 e. The Labute approximate surface area is 169 Å². The van der Waals surface area contributed by atoms with E-state index in [1.807, 2.05) is 24.3 Å². The molecule has 1 aromatic heterocycles. The lowest BCUT2D eigenvalue weighted by Crippen LogP contribution is -2.38. The van der Waals surface area contributed by atoms with E-state index in [1.165, 1.54) is 0 Å². The van der Waals surface area contributed by atoms with Gasteiger partial charge in [0.25, 0.3) is 11.8 Å². The molecule has 0 atom stereocenters. The number of morpholine rings is 1. The van der Waals surface area contributed by atoms with Gasteiger partial charge in [0, 0.05) is 19.6 Å². The second-order valence-corrected chi connectivity index (χ2v) is 7.07. The summed E-state index contributed by atoms with van der Waals surface area (Å²) in [7, 11) is 0. The van der Waals surface area contributed by atoms with Crippen molar-refractivity contribution in [3.8, 4) is 5.75 Å². The molecule has 2 amide bonds. The Morgan fingerprint density at radius 3 is 2.79 bits per heavy atom. The summed E-state index contributed by atoms with van der Waals surface area (Å²) >= 11 is 0. The van der Waals surface area contributed by atoms with Gasteiger partial charge in [-0.05, 0) is 37.2 Å². The summed E-state index contributed by atoms with van der Waals surface area (Å²) in [5, 5.41) is 2.89. The number of furan rings is 1. The summed E-state index contributed by atoms with van der Waals surface area (Å²) < 4.78 is 16.5. The van der Waals surface area contributed by atoms with E-state index >= 15 is 0 Å². The van der Waals surface area contributed by atoms with Crippen LogP contribution in [0.1, 0.15) is 22.7 Å². The fourth-order valence-corrected chi connectivity index (χ4v) is 3.48. The molecule has 0 unspecified atom stereocenters. The van der Waals surface area contributed by atoms with Gasteiger partial charge in [-0.3, -0.25) is 19.4 Å². The Morgan fingerprint density at radius 2 is 1.93 bits per heavy atom. The molecule has 1 aromatic carbocycles. The first kappa shape index (κ1) is 19.5. The van der Waals surface area contributed by atoms with E-state index in [4.69, 9.17) is 13.9 Å². The second-order valence-electron chi connectivity index (χ2n) is 7.07. The number of nitrogens with zero attached hydrogens (tertiary/aromatic N) is 2. The summed E-state index contributed by atoms with van der Waals surface area (Å²) in [5.74, 6) is 1.08. The van der Waals surface area contributed by atoms with Gasteiger partial charge in [-0.2, -0.15) is 0 Å². The van der Waals surface area contributed by atoms with Crippen LogP contribution in [0.3, 0.4) is 0 Å². The molecule has 0 spiro atoms. The van der Waals surface area contributed by atoms with Crippen LogP contribution >= 0.6 is 0 Å². The fraction of sp³-hybridized carbons (Fsp3) is 0.429. The van der Waals surface area contributed by atoms with Gasteiger partial charge in [-0.15, -0.1) is 0 Å². The number of amides is 2. The molecule has 3 heterocycles. The van der Waals surface area contributed by atoms with Crippen molar-refractivity contribution in [3.63, 3.8) is 0 Å². The van der Waals surface area contributed by atoms with Crippen molar-refractivity contribution in [1.82, 2.24) is 10.2 Å². The predicted molar refractivity (Wildman–Crippen MR) is 106 cm³/mol. The van der Waals surface area contributed by atoms with Gasteiger partial charge in [0.1, 0.15) is 11.5 Å². The summed E-state index contributed by atoms with van der Waals surface area (Å²) in [6, 6.07) is 10.7. The number of hydrogen-bond donors (Lipinski definition) is 1. The van der Waals surface area contributed by atoms with Crippen LogP contribution in [0.5, 0.6) is 5.75 Å². The molecule has 2 aliphatic heterocycles. The zero-order valence-corrected chi connectivity index (χ0v) is 16.3. The Morgan fingerprint density at radius 1 is 1.10 bits per heavy atom. The van der Waals surface area contributed by atoms with E-state index in [9.17, 15) is 9.59 Å². The van der Waals surface area contributed by atoms with Crippen LogP contribution in [0.2, 0.25) is 0 Å². The number of rotatable bonds is 7.